The van der Waals surface area contributed by atoms with Gasteiger partial charge in [0.1, 0.15) is 46.4 Å². The van der Waals surface area contributed by atoms with Crippen molar-refractivity contribution in [2.45, 2.75) is 37.6 Å². The summed E-state index contributed by atoms with van der Waals surface area (Å²) >= 11 is 0. The normalized spacial score (nSPS) is 20.9. The van der Waals surface area contributed by atoms with Crippen molar-refractivity contribution in [1.29, 1.82) is 0 Å². The molecule has 7 rings (SSSR count). The Hall–Kier alpha value is -5.16. The Morgan fingerprint density at radius 3 is 2.25 bits per heavy atom. The fourth-order valence-corrected chi connectivity index (χ4v) is 7.76. The number of methoxy groups -OCH3 is 3. The maximum absolute atomic E-state index is 12.2. The third-order valence-corrected chi connectivity index (χ3v) is 10.2. The molecule has 2 aliphatic heterocycles. The van der Waals surface area contributed by atoms with Crippen molar-refractivity contribution in [3.63, 3.8) is 0 Å². The molecule has 51 heavy (non-hydrogen) atoms. The summed E-state index contributed by atoms with van der Waals surface area (Å²) in [5.74, 6) is 1.20. The molecule has 5 aromatic carbocycles. The summed E-state index contributed by atoms with van der Waals surface area (Å²) in [7, 11) is 4.74. The van der Waals surface area contributed by atoms with Crippen LogP contribution < -0.4 is 18.9 Å². The number of ether oxygens (including phenoxy) is 5. The van der Waals surface area contributed by atoms with Crippen LogP contribution in [0.2, 0.25) is 0 Å². The molecule has 0 fully saturated rings. The smallest absolute Gasteiger partial charge is 0.133 e. The predicted molar refractivity (Wildman–Crippen MR) is 191 cm³/mol. The zero-order valence-electron chi connectivity index (χ0n) is 28.7. The molecule has 5 aromatic rings. The van der Waals surface area contributed by atoms with Crippen LogP contribution in [0.1, 0.15) is 47.3 Å². The zero-order valence-corrected chi connectivity index (χ0v) is 28.7. The quantitative estimate of drug-likeness (QED) is 0.0988. The Balaban J connectivity index is 1.28. The van der Waals surface area contributed by atoms with E-state index >= 15 is 0 Å². The second-order valence-corrected chi connectivity index (χ2v) is 13.2. The van der Waals surface area contributed by atoms with Crippen LogP contribution >= 0.6 is 0 Å². The van der Waals surface area contributed by atoms with Crippen LogP contribution in [0.4, 0.5) is 0 Å². The molecule has 10 heteroatoms. The minimum atomic E-state index is -1.05. The van der Waals surface area contributed by atoms with Gasteiger partial charge in [-0.15, -0.1) is 0 Å². The van der Waals surface area contributed by atoms with Gasteiger partial charge in [0.05, 0.1) is 33.0 Å². The number of benzene rings is 5. The molecule has 5 unspecified atom stereocenters. The van der Waals surface area contributed by atoms with Crippen molar-refractivity contribution in [2.75, 3.05) is 34.5 Å². The average Bonchev–Trinajstić information content (AvgIpc) is 3.12. The summed E-state index contributed by atoms with van der Waals surface area (Å²) in [6.45, 7) is 0.603. The topological polar surface area (TPSA) is 147 Å². The molecule has 5 N–H and O–H groups in total. The van der Waals surface area contributed by atoms with Crippen LogP contribution in [0.3, 0.4) is 0 Å². The minimum absolute atomic E-state index is 0.0854. The number of aromatic hydroxyl groups is 3. The number of hydrogen-bond acceptors (Lipinski definition) is 10. The van der Waals surface area contributed by atoms with E-state index in [1.54, 1.807) is 74.9 Å². The molecule has 0 saturated carbocycles. The average molecular weight is 695 g/mol. The SMILES string of the molecule is COCCCC1Oc2c(cc(OC)c3cc(O)ccc23)C(O)C1C1COc2c(Cc3cc(O)ccc3-c3cccc(O)c3)cc(OC)cc2C1O. The van der Waals surface area contributed by atoms with E-state index in [1.807, 2.05) is 18.2 Å². The lowest BCUT2D eigenvalue weighted by atomic mass is 9.72. The largest absolute Gasteiger partial charge is 0.508 e. The van der Waals surface area contributed by atoms with Gasteiger partial charge in [0.25, 0.3) is 0 Å². The Morgan fingerprint density at radius 2 is 1.49 bits per heavy atom. The number of rotatable bonds is 10. The molecular weight excluding hydrogens is 652 g/mol. The number of fused-ring (bicyclic) bond motifs is 4. The van der Waals surface area contributed by atoms with E-state index in [-0.39, 0.29) is 23.9 Å². The molecule has 0 amide bonds. The van der Waals surface area contributed by atoms with E-state index in [0.29, 0.717) is 70.8 Å². The van der Waals surface area contributed by atoms with Crippen molar-refractivity contribution in [1.82, 2.24) is 0 Å². The van der Waals surface area contributed by atoms with Crippen molar-refractivity contribution < 1.29 is 49.2 Å². The van der Waals surface area contributed by atoms with Crippen LogP contribution in [0, 0.1) is 11.8 Å². The molecule has 0 saturated heterocycles. The van der Waals surface area contributed by atoms with E-state index in [2.05, 4.69) is 0 Å². The summed E-state index contributed by atoms with van der Waals surface area (Å²) < 4.78 is 30.0. The number of phenolic OH excluding ortho intramolecular Hbond substituents is 3. The monoisotopic (exact) mass is 694 g/mol. The van der Waals surface area contributed by atoms with E-state index in [4.69, 9.17) is 23.7 Å². The lowest BCUT2D eigenvalue weighted by Gasteiger charge is -2.45. The van der Waals surface area contributed by atoms with Crippen LogP contribution in [0.5, 0.6) is 40.2 Å². The van der Waals surface area contributed by atoms with Gasteiger partial charge in [0.15, 0.2) is 0 Å². The molecule has 10 nitrogen and oxygen atoms in total. The molecule has 0 aliphatic carbocycles. The fraction of sp³-hybridized carbons (Fsp3) is 0.317. The third-order valence-electron chi connectivity index (χ3n) is 10.2. The van der Waals surface area contributed by atoms with Crippen molar-refractivity contribution in [3.05, 3.63) is 101 Å². The summed E-state index contributed by atoms with van der Waals surface area (Å²) in [6, 6.07) is 22.3. The second kappa shape index (κ2) is 14.2. The molecule has 5 atom stereocenters. The molecule has 0 aromatic heterocycles. The van der Waals surface area contributed by atoms with Gasteiger partial charge in [0.2, 0.25) is 0 Å². The maximum Gasteiger partial charge on any atom is 0.133 e. The lowest BCUT2D eigenvalue weighted by molar-refractivity contribution is -0.0883. The Morgan fingerprint density at radius 1 is 0.725 bits per heavy atom. The molecular formula is C41H42O10. The first-order chi connectivity index (χ1) is 24.7. The summed E-state index contributed by atoms with van der Waals surface area (Å²) in [5.41, 5.74) is 4.21. The Labute approximate surface area is 296 Å². The van der Waals surface area contributed by atoms with Gasteiger partial charge in [0, 0.05) is 59.4 Å². The van der Waals surface area contributed by atoms with Gasteiger partial charge in [-0.2, -0.15) is 0 Å². The van der Waals surface area contributed by atoms with E-state index in [9.17, 15) is 25.5 Å². The van der Waals surface area contributed by atoms with Crippen molar-refractivity contribution in [2.24, 2.45) is 11.8 Å². The highest BCUT2D eigenvalue weighted by Gasteiger charge is 2.48. The van der Waals surface area contributed by atoms with Crippen molar-refractivity contribution >= 4 is 10.8 Å². The summed E-state index contributed by atoms with van der Waals surface area (Å²) in [6.07, 6.45) is -1.04. The minimum Gasteiger partial charge on any atom is -0.508 e. The van der Waals surface area contributed by atoms with E-state index < -0.39 is 30.1 Å². The number of phenols is 3. The van der Waals surface area contributed by atoms with Gasteiger partial charge in [-0.25, -0.2) is 0 Å². The summed E-state index contributed by atoms with van der Waals surface area (Å²) in [4.78, 5) is 0. The molecule has 2 aliphatic rings. The van der Waals surface area contributed by atoms with Crippen molar-refractivity contribution in [3.8, 4) is 51.4 Å². The standard InChI is InChI=1S/C41H42O10/c1-47-13-5-8-35-37(39(46)33-20-36(49-3)31-18-27(44)10-12-30(31)41(33)51-35)34-21-50-40-24(17-28(48-2)19-32(40)38(34)45)14-23-16-26(43)9-11-29(23)22-6-4-7-25(42)15-22/h4,6-7,9-12,15-20,34-35,37-39,42-46H,5,8,13-14,21H2,1-3H3. The molecule has 2 heterocycles. The number of aliphatic hydroxyl groups excluding tert-OH is 2. The molecule has 0 radical (unpaired) electrons. The predicted octanol–water partition coefficient (Wildman–Crippen LogP) is 6.81. The number of hydrogen-bond donors (Lipinski definition) is 5. The number of aliphatic hydroxyl groups is 2. The molecule has 266 valence electrons. The summed E-state index contributed by atoms with van der Waals surface area (Å²) in [5, 5.41) is 56.6. The highest BCUT2D eigenvalue weighted by molar-refractivity contribution is 5.96. The first kappa shape index (κ1) is 34.3. The van der Waals surface area contributed by atoms with Crippen LogP contribution in [0.25, 0.3) is 21.9 Å². The van der Waals surface area contributed by atoms with Gasteiger partial charge < -0.3 is 49.2 Å². The zero-order chi connectivity index (χ0) is 35.8. The molecule has 0 spiro atoms. The van der Waals surface area contributed by atoms with Gasteiger partial charge in [-0.3, -0.25) is 0 Å². The first-order valence-electron chi connectivity index (χ1n) is 17.0. The van der Waals surface area contributed by atoms with Crippen LogP contribution in [-0.2, 0) is 11.2 Å². The van der Waals surface area contributed by atoms with E-state index in [1.165, 1.54) is 7.11 Å². The van der Waals surface area contributed by atoms with Gasteiger partial charge in [-0.05, 0) is 90.2 Å². The van der Waals surface area contributed by atoms with E-state index in [0.717, 1.165) is 22.3 Å². The third kappa shape index (κ3) is 6.46. The van der Waals surface area contributed by atoms with Gasteiger partial charge in [-0.1, -0.05) is 18.2 Å². The first-order valence-corrected chi connectivity index (χ1v) is 17.0. The van der Waals surface area contributed by atoms with Gasteiger partial charge >= 0.3 is 0 Å². The maximum atomic E-state index is 12.2. The Bertz CT molecular complexity index is 2060. The fourth-order valence-electron chi connectivity index (χ4n) is 7.76. The molecule has 0 bridgehead atoms. The highest BCUT2D eigenvalue weighted by Crippen LogP contribution is 2.53. The Kier molecular flexibility index (Phi) is 9.56. The lowest BCUT2D eigenvalue weighted by Crippen LogP contribution is -2.46. The highest BCUT2D eigenvalue weighted by atomic mass is 16.5. The van der Waals surface area contributed by atoms with Crippen LogP contribution in [0.15, 0.2) is 78.9 Å². The second-order valence-electron chi connectivity index (χ2n) is 13.2. The van der Waals surface area contributed by atoms with Crippen LogP contribution in [-0.4, -0.2) is 66.2 Å².